The molecule has 7 nitrogen and oxygen atoms in total. The molecule has 0 bridgehead atoms. The zero-order valence-electron chi connectivity index (χ0n) is 18.6. The van der Waals surface area contributed by atoms with Crippen LogP contribution in [-0.4, -0.2) is 39.0 Å². The molecule has 7 heteroatoms. The Morgan fingerprint density at radius 3 is 3.09 bits per heavy atom. The summed E-state index contributed by atoms with van der Waals surface area (Å²) >= 11 is 0. The number of aromatic nitrogens is 4. The van der Waals surface area contributed by atoms with Crippen LogP contribution in [0.4, 0.5) is 5.69 Å². The molecule has 3 aliphatic rings. The van der Waals surface area contributed by atoms with Gasteiger partial charge in [-0.1, -0.05) is 12.1 Å². The minimum atomic E-state index is -0.0126. The smallest absolute Gasteiger partial charge is 0.276 e. The number of benzene rings is 1. The molecule has 1 saturated heterocycles. The standard InChI is InChI=1S/C25H32N6O/c32-25-24-19(4-3-5-22(24)27-13-18-8-7-17-12-26-15-21(17)18)14-28-31(25)11-9-20-16-30-10-2-1-6-23(30)29-20/h3-5,14,16-18,21,26-27H,1-2,6-13,15H2/t17-,18-,21+/m1/s1. The largest absolute Gasteiger partial charge is 0.384 e. The Morgan fingerprint density at radius 2 is 2.16 bits per heavy atom. The fraction of sp³-hybridized carbons (Fsp3) is 0.560. The molecule has 0 amide bonds. The highest BCUT2D eigenvalue weighted by atomic mass is 16.1. The maximum atomic E-state index is 13.4. The summed E-state index contributed by atoms with van der Waals surface area (Å²) in [7, 11) is 0. The summed E-state index contributed by atoms with van der Waals surface area (Å²) in [5, 5.41) is 13.3. The molecule has 168 valence electrons. The van der Waals surface area contributed by atoms with Gasteiger partial charge in [-0.15, -0.1) is 0 Å². The number of fused-ring (bicyclic) bond motifs is 3. The van der Waals surface area contributed by atoms with Crippen molar-refractivity contribution in [3.8, 4) is 0 Å². The lowest BCUT2D eigenvalue weighted by atomic mass is 9.92. The predicted molar refractivity (Wildman–Crippen MR) is 126 cm³/mol. The quantitative estimate of drug-likeness (QED) is 0.626. The molecule has 2 aliphatic heterocycles. The minimum absolute atomic E-state index is 0.0126. The Kier molecular flexibility index (Phi) is 5.21. The van der Waals surface area contributed by atoms with E-state index in [0.29, 0.717) is 12.5 Å². The highest BCUT2D eigenvalue weighted by Gasteiger charge is 2.38. The molecule has 2 fully saturated rings. The maximum absolute atomic E-state index is 13.4. The highest BCUT2D eigenvalue weighted by Crippen LogP contribution is 2.39. The van der Waals surface area contributed by atoms with Crippen molar-refractivity contribution in [2.24, 2.45) is 17.8 Å². The summed E-state index contributed by atoms with van der Waals surface area (Å²) in [5.74, 6) is 3.48. The first-order valence-electron chi connectivity index (χ1n) is 12.2. The van der Waals surface area contributed by atoms with Gasteiger partial charge in [0.15, 0.2) is 0 Å². The van der Waals surface area contributed by atoms with Crippen LogP contribution in [-0.2, 0) is 25.9 Å². The van der Waals surface area contributed by atoms with Crippen LogP contribution in [0.1, 0.15) is 37.2 Å². The zero-order chi connectivity index (χ0) is 21.5. The van der Waals surface area contributed by atoms with Crippen molar-refractivity contribution in [3.05, 3.63) is 52.5 Å². The van der Waals surface area contributed by atoms with Gasteiger partial charge in [0.25, 0.3) is 5.56 Å². The number of rotatable bonds is 6. The number of nitrogens with zero attached hydrogens (tertiary/aromatic N) is 4. The second-order valence-electron chi connectivity index (χ2n) is 9.79. The Balaban J connectivity index is 1.21. The Morgan fingerprint density at radius 1 is 1.19 bits per heavy atom. The van der Waals surface area contributed by atoms with Crippen molar-refractivity contribution in [3.63, 3.8) is 0 Å². The van der Waals surface area contributed by atoms with Gasteiger partial charge in [0.2, 0.25) is 0 Å². The van der Waals surface area contributed by atoms with Crippen LogP contribution < -0.4 is 16.2 Å². The molecule has 1 aliphatic carbocycles. The first-order chi connectivity index (χ1) is 15.8. The number of nitrogens with one attached hydrogen (secondary N) is 2. The zero-order valence-corrected chi connectivity index (χ0v) is 18.6. The van der Waals surface area contributed by atoms with Crippen molar-refractivity contribution >= 4 is 16.5 Å². The van der Waals surface area contributed by atoms with E-state index in [0.717, 1.165) is 66.5 Å². The molecular formula is C25H32N6O. The first kappa shape index (κ1) is 20.0. The van der Waals surface area contributed by atoms with Crippen LogP contribution in [0, 0.1) is 17.8 Å². The van der Waals surface area contributed by atoms with Crippen LogP contribution in [0.15, 0.2) is 35.4 Å². The van der Waals surface area contributed by atoms with Crippen molar-refractivity contribution < 1.29 is 0 Å². The average molecular weight is 433 g/mol. The Hall–Kier alpha value is -2.67. The van der Waals surface area contributed by atoms with Gasteiger partial charge in [-0.05, 0) is 62.6 Å². The van der Waals surface area contributed by atoms with Gasteiger partial charge in [-0.3, -0.25) is 4.79 Å². The summed E-state index contributed by atoms with van der Waals surface area (Å²) in [6.45, 7) is 4.86. The van der Waals surface area contributed by atoms with Crippen LogP contribution in [0.25, 0.3) is 10.8 Å². The van der Waals surface area contributed by atoms with Gasteiger partial charge in [0.1, 0.15) is 5.82 Å². The molecule has 3 aromatic rings. The van der Waals surface area contributed by atoms with Gasteiger partial charge in [-0.2, -0.15) is 5.10 Å². The number of aryl methyl sites for hydroxylation is 4. The van der Waals surface area contributed by atoms with Crippen LogP contribution in [0.3, 0.4) is 0 Å². The lowest BCUT2D eigenvalue weighted by molar-refractivity contribution is 0.391. The molecular weight excluding hydrogens is 400 g/mol. The molecule has 1 saturated carbocycles. The summed E-state index contributed by atoms with van der Waals surface area (Å²) in [4.78, 5) is 18.1. The van der Waals surface area contributed by atoms with Gasteiger partial charge < -0.3 is 15.2 Å². The number of hydrogen-bond donors (Lipinski definition) is 2. The first-order valence-corrected chi connectivity index (χ1v) is 12.2. The second-order valence-corrected chi connectivity index (χ2v) is 9.79. The molecule has 2 aromatic heterocycles. The van der Waals surface area contributed by atoms with Crippen molar-refractivity contribution in [1.82, 2.24) is 24.6 Å². The Labute approximate surface area is 188 Å². The molecule has 2 N–H and O–H groups in total. The molecule has 0 unspecified atom stereocenters. The summed E-state index contributed by atoms with van der Waals surface area (Å²) in [6, 6.07) is 6.03. The van der Waals surface area contributed by atoms with E-state index < -0.39 is 0 Å². The van der Waals surface area contributed by atoms with Crippen LogP contribution in [0.5, 0.6) is 0 Å². The summed E-state index contributed by atoms with van der Waals surface area (Å²) in [6.07, 6.45) is 10.8. The third-order valence-electron chi connectivity index (χ3n) is 7.88. The molecule has 3 atom stereocenters. The second kappa shape index (κ2) is 8.35. The lowest BCUT2D eigenvalue weighted by Crippen LogP contribution is -2.26. The molecule has 6 rings (SSSR count). The van der Waals surface area contributed by atoms with E-state index >= 15 is 0 Å². The van der Waals surface area contributed by atoms with Gasteiger partial charge >= 0.3 is 0 Å². The fourth-order valence-electron chi connectivity index (χ4n) is 6.11. The molecule has 0 radical (unpaired) electrons. The normalized spacial score (nSPS) is 24.6. The topological polar surface area (TPSA) is 76.8 Å². The number of hydrogen-bond acceptors (Lipinski definition) is 5. The molecule has 0 spiro atoms. The third-order valence-corrected chi connectivity index (χ3v) is 7.88. The van der Waals surface area contributed by atoms with E-state index in [1.165, 1.54) is 38.1 Å². The van der Waals surface area contributed by atoms with Crippen molar-refractivity contribution in [2.45, 2.75) is 51.6 Å². The van der Waals surface area contributed by atoms with E-state index in [4.69, 9.17) is 4.98 Å². The SMILES string of the molecule is O=c1c2c(NC[C@H]3CC[C@@H]4CNC[C@@H]43)cccc2cnn1CCc1cn2c(n1)CCCC2. The van der Waals surface area contributed by atoms with Crippen molar-refractivity contribution in [1.29, 1.82) is 0 Å². The monoisotopic (exact) mass is 432 g/mol. The predicted octanol–water partition coefficient (Wildman–Crippen LogP) is 2.83. The Bertz CT molecular complexity index is 1160. The maximum Gasteiger partial charge on any atom is 0.276 e. The van der Waals surface area contributed by atoms with Crippen LogP contribution >= 0.6 is 0 Å². The fourth-order valence-corrected chi connectivity index (χ4v) is 6.11. The lowest BCUT2D eigenvalue weighted by Gasteiger charge is -2.19. The van der Waals surface area contributed by atoms with E-state index in [9.17, 15) is 4.79 Å². The summed E-state index contributed by atoms with van der Waals surface area (Å²) < 4.78 is 3.88. The van der Waals surface area contributed by atoms with Gasteiger partial charge in [0.05, 0.1) is 23.8 Å². The van der Waals surface area contributed by atoms with Gasteiger partial charge in [0, 0.05) is 43.2 Å². The van der Waals surface area contributed by atoms with Gasteiger partial charge in [-0.25, -0.2) is 9.67 Å². The minimum Gasteiger partial charge on any atom is -0.384 e. The molecule has 32 heavy (non-hydrogen) atoms. The number of anilines is 1. The van der Waals surface area contributed by atoms with E-state index in [1.54, 1.807) is 4.68 Å². The van der Waals surface area contributed by atoms with Crippen LogP contribution in [0.2, 0.25) is 0 Å². The van der Waals surface area contributed by atoms with E-state index in [1.807, 2.05) is 24.4 Å². The molecule has 1 aromatic carbocycles. The summed E-state index contributed by atoms with van der Waals surface area (Å²) in [5.41, 5.74) is 1.99. The average Bonchev–Trinajstić information content (AvgIpc) is 3.53. The highest BCUT2D eigenvalue weighted by molar-refractivity contribution is 5.92. The van der Waals surface area contributed by atoms with E-state index in [-0.39, 0.29) is 5.56 Å². The van der Waals surface area contributed by atoms with Crippen molar-refractivity contribution in [2.75, 3.05) is 25.0 Å². The van der Waals surface area contributed by atoms with E-state index in [2.05, 4.69) is 26.5 Å². The third kappa shape index (κ3) is 3.62. The number of imidazole rings is 1. The molecule has 4 heterocycles.